The molecule has 8 heteroatoms. The molecule has 0 aliphatic carbocycles. The third-order valence-electron chi connectivity index (χ3n) is 5.40. The van der Waals surface area contributed by atoms with Gasteiger partial charge in [-0.2, -0.15) is 0 Å². The van der Waals surface area contributed by atoms with Gasteiger partial charge in [0.2, 0.25) is 0 Å². The van der Waals surface area contributed by atoms with E-state index in [1.54, 1.807) is 11.8 Å². The first-order chi connectivity index (χ1) is 16.7. The summed E-state index contributed by atoms with van der Waals surface area (Å²) < 4.78 is 16.7. The highest BCUT2D eigenvalue weighted by Crippen LogP contribution is 2.37. The van der Waals surface area contributed by atoms with Crippen molar-refractivity contribution in [3.05, 3.63) is 64.5 Å². The number of aromatic nitrogens is 1. The lowest BCUT2D eigenvalue weighted by Crippen LogP contribution is -2.35. The van der Waals surface area contributed by atoms with Crippen LogP contribution in [0.4, 0.5) is 4.79 Å². The molecule has 1 fully saturated rings. The molecule has 1 amide bonds. The van der Waals surface area contributed by atoms with Crippen LogP contribution >= 0.6 is 11.3 Å². The zero-order valence-corrected chi connectivity index (χ0v) is 21.3. The SMILES string of the molecule is CCOC(=O)c1sc(C2CCN(C(=O)OC(C)(C)C)C2)nc1-c1ccc(Oc2ccccc2)cc1. The highest BCUT2D eigenvalue weighted by atomic mass is 32.1. The summed E-state index contributed by atoms with van der Waals surface area (Å²) in [6, 6.07) is 17.0. The minimum Gasteiger partial charge on any atom is -0.462 e. The maximum atomic E-state index is 12.7. The van der Waals surface area contributed by atoms with Crippen molar-refractivity contribution in [1.82, 2.24) is 9.88 Å². The number of ether oxygens (including phenoxy) is 3. The van der Waals surface area contributed by atoms with E-state index in [2.05, 4.69) is 0 Å². The largest absolute Gasteiger partial charge is 0.462 e. The summed E-state index contributed by atoms with van der Waals surface area (Å²) in [6.07, 6.45) is 0.439. The molecule has 35 heavy (non-hydrogen) atoms. The van der Waals surface area contributed by atoms with Crippen LogP contribution in [0.25, 0.3) is 11.3 Å². The van der Waals surface area contributed by atoms with Gasteiger partial charge in [-0.15, -0.1) is 11.3 Å². The van der Waals surface area contributed by atoms with Gasteiger partial charge in [0, 0.05) is 24.6 Å². The van der Waals surface area contributed by atoms with Crippen molar-refractivity contribution in [1.29, 1.82) is 0 Å². The maximum absolute atomic E-state index is 12.7. The summed E-state index contributed by atoms with van der Waals surface area (Å²) in [7, 11) is 0. The number of esters is 1. The maximum Gasteiger partial charge on any atom is 0.410 e. The summed E-state index contributed by atoms with van der Waals surface area (Å²) >= 11 is 1.34. The van der Waals surface area contributed by atoms with Gasteiger partial charge in [0.05, 0.1) is 17.3 Å². The minimum atomic E-state index is -0.545. The first kappa shape index (κ1) is 24.7. The molecule has 1 saturated heterocycles. The zero-order chi connectivity index (χ0) is 25.0. The molecule has 2 heterocycles. The molecule has 0 radical (unpaired) electrons. The number of benzene rings is 2. The molecule has 1 aliphatic heterocycles. The van der Waals surface area contributed by atoms with Gasteiger partial charge in [-0.25, -0.2) is 14.6 Å². The van der Waals surface area contributed by atoms with E-state index < -0.39 is 11.6 Å². The van der Waals surface area contributed by atoms with Crippen LogP contribution in [0.15, 0.2) is 54.6 Å². The highest BCUT2D eigenvalue weighted by molar-refractivity contribution is 7.14. The van der Waals surface area contributed by atoms with Gasteiger partial charge in [-0.05, 0) is 70.5 Å². The quantitative estimate of drug-likeness (QED) is 0.364. The van der Waals surface area contributed by atoms with E-state index in [4.69, 9.17) is 19.2 Å². The Hall–Kier alpha value is -3.39. The average Bonchev–Trinajstić information content (AvgIpc) is 3.47. The number of amides is 1. The molecule has 3 aromatic rings. The Morgan fingerprint density at radius 1 is 1.06 bits per heavy atom. The number of para-hydroxylation sites is 1. The summed E-state index contributed by atoms with van der Waals surface area (Å²) in [5.41, 5.74) is 0.847. The lowest BCUT2D eigenvalue weighted by atomic mass is 10.1. The molecule has 4 rings (SSSR count). The number of carbonyl (C=O) groups is 2. The van der Waals surface area contributed by atoms with Crippen LogP contribution in [-0.2, 0) is 9.47 Å². The molecular weight excluding hydrogens is 464 g/mol. The highest BCUT2D eigenvalue weighted by Gasteiger charge is 2.33. The fourth-order valence-corrected chi connectivity index (χ4v) is 4.91. The Bertz CT molecular complexity index is 1170. The number of thiazole rings is 1. The summed E-state index contributed by atoms with van der Waals surface area (Å²) in [5, 5.41) is 0.818. The van der Waals surface area contributed by atoms with E-state index in [1.165, 1.54) is 11.3 Å². The van der Waals surface area contributed by atoms with Gasteiger partial charge < -0.3 is 19.1 Å². The molecule has 1 atom stereocenters. The van der Waals surface area contributed by atoms with Crippen LogP contribution in [0.2, 0.25) is 0 Å². The predicted molar refractivity (Wildman–Crippen MR) is 135 cm³/mol. The summed E-state index contributed by atoms with van der Waals surface area (Å²) in [4.78, 5) is 32.2. The van der Waals surface area contributed by atoms with E-state index in [1.807, 2.05) is 75.4 Å². The van der Waals surface area contributed by atoms with Crippen molar-refractivity contribution >= 4 is 23.4 Å². The third kappa shape index (κ3) is 6.19. The molecule has 7 nitrogen and oxygen atoms in total. The van der Waals surface area contributed by atoms with Crippen LogP contribution in [0.1, 0.15) is 54.7 Å². The van der Waals surface area contributed by atoms with Crippen molar-refractivity contribution in [3.8, 4) is 22.8 Å². The van der Waals surface area contributed by atoms with Crippen LogP contribution in [0.5, 0.6) is 11.5 Å². The number of hydrogen-bond acceptors (Lipinski definition) is 7. The van der Waals surface area contributed by atoms with E-state index in [-0.39, 0.29) is 18.6 Å². The van der Waals surface area contributed by atoms with Gasteiger partial charge in [0.25, 0.3) is 0 Å². The lowest BCUT2D eigenvalue weighted by Gasteiger charge is -2.24. The fourth-order valence-electron chi connectivity index (χ4n) is 3.80. The molecule has 1 unspecified atom stereocenters. The number of carbonyl (C=O) groups excluding carboxylic acids is 2. The normalized spacial score (nSPS) is 15.7. The molecule has 2 aromatic carbocycles. The van der Waals surface area contributed by atoms with Gasteiger partial charge in [0.15, 0.2) is 0 Å². The smallest absolute Gasteiger partial charge is 0.410 e. The second-order valence-electron chi connectivity index (χ2n) is 9.30. The van der Waals surface area contributed by atoms with Crippen molar-refractivity contribution in [2.75, 3.05) is 19.7 Å². The van der Waals surface area contributed by atoms with Crippen LogP contribution < -0.4 is 4.74 Å². The van der Waals surface area contributed by atoms with Gasteiger partial charge in [-0.3, -0.25) is 0 Å². The Morgan fingerprint density at radius 3 is 2.40 bits per heavy atom. The molecule has 0 N–H and O–H groups in total. The van der Waals surface area contributed by atoms with E-state index in [0.717, 1.165) is 22.7 Å². The monoisotopic (exact) mass is 494 g/mol. The predicted octanol–water partition coefficient (Wildman–Crippen LogP) is 6.50. The lowest BCUT2D eigenvalue weighted by molar-refractivity contribution is 0.0292. The van der Waals surface area contributed by atoms with Crippen LogP contribution in [-0.4, -0.2) is 47.2 Å². The molecule has 1 aromatic heterocycles. The second-order valence-corrected chi connectivity index (χ2v) is 10.3. The Kier molecular flexibility index (Phi) is 7.40. The van der Waals surface area contributed by atoms with E-state index >= 15 is 0 Å². The number of rotatable bonds is 6. The van der Waals surface area contributed by atoms with E-state index in [0.29, 0.717) is 29.4 Å². The molecule has 184 valence electrons. The Balaban J connectivity index is 1.55. The van der Waals surface area contributed by atoms with Gasteiger partial charge in [0.1, 0.15) is 22.0 Å². The molecule has 0 spiro atoms. The van der Waals surface area contributed by atoms with Crippen molar-refractivity contribution < 1.29 is 23.8 Å². The average molecular weight is 495 g/mol. The van der Waals surface area contributed by atoms with Crippen molar-refractivity contribution in [3.63, 3.8) is 0 Å². The third-order valence-corrected chi connectivity index (χ3v) is 6.60. The molecule has 0 saturated carbocycles. The molecule has 0 bridgehead atoms. The summed E-state index contributed by atoms with van der Waals surface area (Å²) in [6.45, 7) is 8.73. The first-order valence-electron chi connectivity index (χ1n) is 11.7. The molecular formula is C27H30N2O5S. The Labute approximate surface area is 209 Å². The van der Waals surface area contributed by atoms with Crippen molar-refractivity contribution in [2.45, 2.75) is 45.6 Å². The standard InChI is InChI=1S/C27H30N2O5S/c1-5-32-25(30)23-22(18-11-13-21(14-12-18)33-20-9-7-6-8-10-20)28-24(35-23)19-15-16-29(17-19)26(31)34-27(2,3)4/h6-14,19H,5,15-17H2,1-4H3. The minimum absolute atomic E-state index is 0.0372. The zero-order valence-electron chi connectivity index (χ0n) is 20.4. The van der Waals surface area contributed by atoms with E-state index in [9.17, 15) is 9.59 Å². The second kappa shape index (κ2) is 10.5. The van der Waals surface area contributed by atoms with Crippen LogP contribution in [0, 0.1) is 0 Å². The number of hydrogen-bond donors (Lipinski definition) is 0. The number of likely N-dealkylation sites (tertiary alicyclic amines) is 1. The van der Waals surface area contributed by atoms with Gasteiger partial charge in [-0.1, -0.05) is 18.2 Å². The van der Waals surface area contributed by atoms with Gasteiger partial charge >= 0.3 is 12.1 Å². The first-order valence-corrected chi connectivity index (χ1v) is 12.5. The fraction of sp³-hybridized carbons (Fsp3) is 0.370. The summed E-state index contributed by atoms with van der Waals surface area (Å²) in [5.74, 6) is 1.09. The van der Waals surface area contributed by atoms with Crippen LogP contribution in [0.3, 0.4) is 0 Å². The number of nitrogens with zero attached hydrogens (tertiary/aromatic N) is 2. The topological polar surface area (TPSA) is 78.0 Å². The Morgan fingerprint density at radius 2 is 1.74 bits per heavy atom. The van der Waals surface area contributed by atoms with Crippen molar-refractivity contribution in [2.24, 2.45) is 0 Å². The molecule has 1 aliphatic rings.